The molecule has 0 amide bonds. The van der Waals surface area contributed by atoms with Gasteiger partial charge in [0, 0.05) is 10.8 Å². The zero-order valence-corrected chi connectivity index (χ0v) is 27.4. The molecule has 0 atom stereocenters. The summed E-state index contributed by atoms with van der Waals surface area (Å²) in [6.45, 7) is 15.1. The summed E-state index contributed by atoms with van der Waals surface area (Å²) in [5, 5.41) is 1.04. The maximum atomic E-state index is 6.72. The highest BCUT2D eigenvalue weighted by atomic mass is 14.7. The Labute approximate surface area is 264 Å². The number of aromatic nitrogens is 1. The lowest BCUT2D eigenvalue weighted by Gasteiger charge is -2.23. The predicted octanol–water partition coefficient (Wildman–Crippen LogP) is 10.5. The molecule has 0 saturated carbocycles. The molecule has 3 heteroatoms. The summed E-state index contributed by atoms with van der Waals surface area (Å²) < 4.78 is 0. The van der Waals surface area contributed by atoms with Crippen molar-refractivity contribution in [2.45, 2.75) is 66.7 Å². The van der Waals surface area contributed by atoms with Crippen molar-refractivity contribution in [1.82, 2.24) is 4.98 Å². The molecule has 1 aromatic heterocycles. The Hall–Kier alpha value is -4.63. The summed E-state index contributed by atoms with van der Waals surface area (Å²) in [5.74, 6) is 0. The molecule has 1 aliphatic rings. The average molecular weight is 582 g/mol. The molecule has 4 aromatic rings. The number of nitrogens with zero attached hydrogens (tertiary/aromatic N) is 1. The van der Waals surface area contributed by atoms with Crippen molar-refractivity contribution in [2.75, 3.05) is 5.73 Å². The second kappa shape index (κ2) is 14.2. The van der Waals surface area contributed by atoms with E-state index in [2.05, 4.69) is 125 Å². The molecule has 1 heterocycles. The van der Waals surface area contributed by atoms with Gasteiger partial charge in [-0.1, -0.05) is 126 Å². The van der Waals surface area contributed by atoms with E-state index in [1.807, 2.05) is 26.8 Å². The van der Waals surface area contributed by atoms with Gasteiger partial charge in [0.25, 0.3) is 0 Å². The van der Waals surface area contributed by atoms with Crippen LogP contribution in [0.25, 0.3) is 33.7 Å². The molecule has 44 heavy (non-hydrogen) atoms. The van der Waals surface area contributed by atoms with Gasteiger partial charge in [-0.2, -0.15) is 0 Å². The number of anilines is 1. The zero-order chi connectivity index (χ0) is 31.9. The van der Waals surface area contributed by atoms with Crippen LogP contribution >= 0.6 is 0 Å². The van der Waals surface area contributed by atoms with Gasteiger partial charge in [0.05, 0.1) is 16.9 Å². The molecule has 0 fully saturated rings. The average Bonchev–Trinajstić information content (AvgIpc) is 3.27. The van der Waals surface area contributed by atoms with Crippen molar-refractivity contribution in [2.24, 2.45) is 5.73 Å². The summed E-state index contributed by atoms with van der Waals surface area (Å²) in [5.41, 5.74) is 26.0. The van der Waals surface area contributed by atoms with Gasteiger partial charge in [-0.25, -0.2) is 4.98 Å². The molecule has 0 saturated heterocycles. The number of nitrogen functional groups attached to an aromatic ring is 1. The van der Waals surface area contributed by atoms with Gasteiger partial charge in [0.15, 0.2) is 0 Å². The Bertz CT molecular complexity index is 1790. The number of pyridine rings is 1. The Morgan fingerprint density at radius 2 is 1.70 bits per heavy atom. The number of hydrogen-bond acceptors (Lipinski definition) is 3. The summed E-state index contributed by atoms with van der Waals surface area (Å²) in [6, 6.07) is 25.8. The summed E-state index contributed by atoms with van der Waals surface area (Å²) in [7, 11) is 0. The van der Waals surface area contributed by atoms with E-state index in [9.17, 15) is 0 Å². The van der Waals surface area contributed by atoms with Crippen molar-refractivity contribution in [1.29, 1.82) is 0 Å². The first-order chi connectivity index (χ1) is 21.3. The summed E-state index contributed by atoms with van der Waals surface area (Å²) >= 11 is 0. The van der Waals surface area contributed by atoms with E-state index < -0.39 is 0 Å². The molecule has 1 aliphatic carbocycles. The first-order valence-corrected chi connectivity index (χ1v) is 15.8. The number of fused-ring (bicyclic) bond motifs is 2. The highest BCUT2D eigenvalue weighted by molar-refractivity contribution is 5.95. The van der Waals surface area contributed by atoms with E-state index in [1.54, 1.807) is 6.20 Å². The van der Waals surface area contributed by atoms with Gasteiger partial charge in [0.2, 0.25) is 0 Å². The van der Waals surface area contributed by atoms with Crippen molar-refractivity contribution >= 4 is 39.4 Å². The second-order valence-corrected chi connectivity index (χ2v) is 11.5. The Kier molecular flexibility index (Phi) is 10.4. The topological polar surface area (TPSA) is 64.9 Å². The van der Waals surface area contributed by atoms with Crippen LogP contribution in [0, 0.1) is 0 Å². The third kappa shape index (κ3) is 6.48. The van der Waals surface area contributed by atoms with Crippen LogP contribution in [0.2, 0.25) is 0 Å². The fourth-order valence-electron chi connectivity index (χ4n) is 6.15. The molecule has 4 N–H and O–H groups in total. The number of hydrogen-bond donors (Lipinski definition) is 2. The third-order valence-corrected chi connectivity index (χ3v) is 8.48. The maximum absolute atomic E-state index is 6.72. The van der Waals surface area contributed by atoms with Gasteiger partial charge in [0.1, 0.15) is 0 Å². The number of allylic oxidation sites excluding steroid dienone is 8. The molecule has 0 bridgehead atoms. The molecule has 3 aromatic carbocycles. The normalized spacial score (nSPS) is 14.8. The highest BCUT2D eigenvalue weighted by Crippen LogP contribution is 2.48. The van der Waals surface area contributed by atoms with Crippen LogP contribution in [0.3, 0.4) is 0 Å². The second-order valence-electron chi connectivity index (χ2n) is 11.5. The van der Waals surface area contributed by atoms with E-state index in [4.69, 9.17) is 16.5 Å². The Morgan fingerprint density at radius 3 is 2.43 bits per heavy atom. The number of nitrogens with two attached hydrogens (primary N) is 2. The van der Waals surface area contributed by atoms with E-state index >= 15 is 0 Å². The van der Waals surface area contributed by atoms with Gasteiger partial charge in [-0.15, -0.1) is 0 Å². The van der Waals surface area contributed by atoms with Gasteiger partial charge >= 0.3 is 0 Å². The van der Waals surface area contributed by atoms with Crippen LogP contribution in [0.1, 0.15) is 88.4 Å². The van der Waals surface area contributed by atoms with Crippen LogP contribution in [0.4, 0.5) is 5.69 Å². The van der Waals surface area contributed by atoms with Crippen molar-refractivity contribution in [3.05, 3.63) is 142 Å². The summed E-state index contributed by atoms with van der Waals surface area (Å²) in [4.78, 5) is 5.08. The van der Waals surface area contributed by atoms with E-state index in [0.29, 0.717) is 5.69 Å². The standard InChI is InChI=1S/C39H41N3.C2H6/c1-6-28(22-23-40)31-15-11-13-27(25-31)12-10-14-29-18-19-30-20-21-36(42-38(30)37(29)41)26(3)24-35-32(7-2)33-16-8-9-17-34(33)39(35,4)5;1-2/h6,8-11,13-25H,7,12,40-41H2,1-5H3;1-2H3/b14-10-,23-22-,26-24+,28-6+;. The van der Waals surface area contributed by atoms with Gasteiger partial charge in [-0.3, -0.25) is 0 Å². The van der Waals surface area contributed by atoms with Gasteiger partial charge in [-0.05, 0) is 95.1 Å². The largest absolute Gasteiger partial charge is 0.405 e. The fourth-order valence-corrected chi connectivity index (χ4v) is 6.15. The van der Waals surface area contributed by atoms with Crippen LogP contribution in [0.5, 0.6) is 0 Å². The third-order valence-electron chi connectivity index (χ3n) is 8.48. The van der Waals surface area contributed by atoms with Crippen molar-refractivity contribution in [3.63, 3.8) is 0 Å². The monoisotopic (exact) mass is 581 g/mol. The maximum Gasteiger partial charge on any atom is 0.0944 e. The quantitative estimate of drug-likeness (QED) is 0.161. The fraction of sp³-hybridized carbons (Fsp3) is 0.244. The molecule has 0 radical (unpaired) electrons. The summed E-state index contributed by atoms with van der Waals surface area (Å²) in [6.07, 6.45) is 14.0. The molecular weight excluding hydrogens is 534 g/mol. The van der Waals surface area contributed by atoms with Crippen molar-refractivity contribution in [3.8, 4) is 0 Å². The minimum Gasteiger partial charge on any atom is -0.405 e. The lowest BCUT2D eigenvalue weighted by molar-refractivity contribution is 0.653. The zero-order valence-electron chi connectivity index (χ0n) is 27.4. The van der Waals surface area contributed by atoms with E-state index in [-0.39, 0.29) is 5.41 Å². The Morgan fingerprint density at radius 1 is 0.955 bits per heavy atom. The lowest BCUT2D eigenvalue weighted by Crippen LogP contribution is -2.16. The van der Waals surface area contributed by atoms with Crippen LogP contribution in [-0.4, -0.2) is 4.98 Å². The minimum atomic E-state index is -0.0495. The predicted molar refractivity (Wildman–Crippen MR) is 194 cm³/mol. The SMILES string of the molecule is C/C=C(\C=C/N)c1cccc(C/C=C\c2ccc3ccc(/C(C)=C/C4=C(CC)c5ccccc5C4(C)C)nc3c2N)c1.CC. The highest BCUT2D eigenvalue weighted by Gasteiger charge is 2.35. The van der Waals surface area contributed by atoms with E-state index in [1.165, 1.54) is 27.8 Å². The first kappa shape index (κ1) is 32.3. The molecule has 0 aliphatic heterocycles. The molecule has 0 spiro atoms. The lowest BCUT2D eigenvalue weighted by atomic mass is 9.80. The van der Waals surface area contributed by atoms with Crippen LogP contribution < -0.4 is 11.5 Å². The van der Waals surface area contributed by atoms with Gasteiger partial charge < -0.3 is 11.5 Å². The Balaban J connectivity index is 0.00000216. The molecular formula is C41H47N3. The van der Waals surface area contributed by atoms with E-state index in [0.717, 1.165) is 51.7 Å². The first-order valence-electron chi connectivity index (χ1n) is 15.8. The smallest absolute Gasteiger partial charge is 0.0944 e. The molecule has 3 nitrogen and oxygen atoms in total. The van der Waals surface area contributed by atoms with Crippen molar-refractivity contribution < 1.29 is 0 Å². The number of benzene rings is 3. The minimum absolute atomic E-state index is 0.0495. The molecule has 5 rings (SSSR count). The molecule has 0 unspecified atom stereocenters. The van der Waals surface area contributed by atoms with Crippen LogP contribution in [0.15, 0.2) is 109 Å². The van der Waals surface area contributed by atoms with Crippen LogP contribution in [-0.2, 0) is 11.8 Å². The number of rotatable bonds is 8. The molecule has 226 valence electrons.